The summed E-state index contributed by atoms with van der Waals surface area (Å²) in [5.74, 6) is 1.48. The number of methoxy groups -OCH3 is 1. The van der Waals surface area contributed by atoms with Gasteiger partial charge in [0.25, 0.3) is 5.91 Å². The minimum atomic E-state index is -0.212. The largest absolute Gasteiger partial charge is 0.493 e. The van der Waals surface area contributed by atoms with Crippen LogP contribution in [0.25, 0.3) is 0 Å². The minimum absolute atomic E-state index is 0.0135. The maximum atomic E-state index is 12.0. The van der Waals surface area contributed by atoms with Gasteiger partial charge in [0, 0.05) is 13.1 Å². The summed E-state index contributed by atoms with van der Waals surface area (Å²) in [6.07, 6.45) is 0. The molecule has 0 unspecified atom stereocenters. The van der Waals surface area contributed by atoms with E-state index in [9.17, 15) is 14.4 Å². The molecule has 1 aliphatic rings. The maximum Gasteiger partial charge on any atom is 0.257 e. The highest BCUT2D eigenvalue weighted by Gasteiger charge is 2.22. The van der Waals surface area contributed by atoms with E-state index in [2.05, 4.69) is 10.6 Å². The number of hydrogen-bond donors (Lipinski definition) is 2. The van der Waals surface area contributed by atoms with Crippen molar-refractivity contribution in [3.05, 3.63) is 23.8 Å². The van der Waals surface area contributed by atoms with E-state index in [-0.39, 0.29) is 30.9 Å². The molecule has 1 aromatic rings. The Bertz CT molecular complexity index is 668. The topological polar surface area (TPSA) is 97.0 Å². The molecule has 0 saturated carbocycles. The molecule has 2 N–H and O–H groups in total. The predicted molar refractivity (Wildman–Crippen MR) is 98.1 cm³/mol. The summed E-state index contributed by atoms with van der Waals surface area (Å²) in [5, 5.41) is 5.43. The van der Waals surface area contributed by atoms with E-state index < -0.39 is 0 Å². The van der Waals surface area contributed by atoms with Gasteiger partial charge in [-0.15, -0.1) is 11.8 Å². The van der Waals surface area contributed by atoms with Crippen LogP contribution in [0.4, 0.5) is 0 Å². The van der Waals surface area contributed by atoms with E-state index in [0.717, 1.165) is 5.56 Å². The number of carbonyl (C=O) groups is 3. The fourth-order valence-electron chi connectivity index (χ4n) is 2.30. The quantitative estimate of drug-likeness (QED) is 0.641. The van der Waals surface area contributed by atoms with E-state index in [4.69, 9.17) is 9.47 Å². The molecule has 0 radical (unpaired) electrons. The Hall–Kier alpha value is -2.42. The van der Waals surface area contributed by atoms with Crippen molar-refractivity contribution < 1.29 is 23.9 Å². The summed E-state index contributed by atoms with van der Waals surface area (Å²) >= 11 is 1.50. The van der Waals surface area contributed by atoms with Crippen molar-refractivity contribution in [2.75, 3.05) is 38.4 Å². The Morgan fingerprint density at radius 3 is 2.69 bits per heavy atom. The van der Waals surface area contributed by atoms with Gasteiger partial charge in [-0.1, -0.05) is 6.07 Å². The molecule has 9 heteroatoms. The van der Waals surface area contributed by atoms with Crippen LogP contribution >= 0.6 is 11.8 Å². The van der Waals surface area contributed by atoms with Crippen molar-refractivity contribution in [3.8, 4) is 11.5 Å². The molecule has 1 heterocycles. The standard InChI is InChI=1S/C17H23N3O5S/c1-3-18-16(22)9-25-13-5-4-12(6-14(13)24-2)7-19-15(21)8-20-11-26-10-17(20)23/h4-6H,3,7-11H2,1-2H3,(H,18,22)(H,19,21). The summed E-state index contributed by atoms with van der Waals surface area (Å²) in [6.45, 7) is 2.65. The molecule has 1 saturated heterocycles. The number of hydrogen-bond acceptors (Lipinski definition) is 6. The molecule has 1 fully saturated rings. The Morgan fingerprint density at radius 1 is 1.23 bits per heavy atom. The molecule has 8 nitrogen and oxygen atoms in total. The molecule has 3 amide bonds. The summed E-state index contributed by atoms with van der Waals surface area (Å²) in [7, 11) is 1.51. The third-order valence-electron chi connectivity index (χ3n) is 3.61. The lowest BCUT2D eigenvalue weighted by molar-refractivity contribution is -0.132. The first kappa shape index (κ1) is 19.9. The number of rotatable bonds is 9. The van der Waals surface area contributed by atoms with Gasteiger partial charge in [0.2, 0.25) is 11.8 Å². The lowest BCUT2D eigenvalue weighted by Crippen LogP contribution is -2.37. The third-order valence-corrected chi connectivity index (χ3v) is 4.56. The number of nitrogens with one attached hydrogen (secondary N) is 2. The van der Waals surface area contributed by atoms with Gasteiger partial charge in [0.1, 0.15) is 6.54 Å². The lowest BCUT2D eigenvalue weighted by Gasteiger charge is -2.15. The van der Waals surface area contributed by atoms with Crippen LogP contribution < -0.4 is 20.1 Å². The first-order valence-electron chi connectivity index (χ1n) is 8.22. The highest BCUT2D eigenvalue weighted by atomic mass is 32.2. The summed E-state index contributed by atoms with van der Waals surface area (Å²) in [4.78, 5) is 36.5. The molecule has 26 heavy (non-hydrogen) atoms. The van der Waals surface area contributed by atoms with Crippen LogP contribution in [0, 0.1) is 0 Å². The van der Waals surface area contributed by atoms with E-state index >= 15 is 0 Å². The lowest BCUT2D eigenvalue weighted by atomic mass is 10.2. The van der Waals surface area contributed by atoms with Crippen molar-refractivity contribution in [1.82, 2.24) is 15.5 Å². The zero-order chi connectivity index (χ0) is 18.9. The second kappa shape index (κ2) is 9.91. The predicted octanol–water partition coefficient (Wildman–Crippen LogP) is 0.359. The van der Waals surface area contributed by atoms with Crippen molar-refractivity contribution in [2.45, 2.75) is 13.5 Å². The van der Waals surface area contributed by atoms with Gasteiger partial charge in [-0.05, 0) is 24.6 Å². The smallest absolute Gasteiger partial charge is 0.257 e. The Morgan fingerprint density at radius 2 is 2.04 bits per heavy atom. The molecule has 0 aromatic heterocycles. The maximum absolute atomic E-state index is 12.0. The van der Waals surface area contributed by atoms with Crippen LogP contribution in [0.15, 0.2) is 18.2 Å². The van der Waals surface area contributed by atoms with Gasteiger partial charge in [-0.25, -0.2) is 0 Å². The molecule has 1 aromatic carbocycles. The van der Waals surface area contributed by atoms with Crippen LogP contribution in [-0.2, 0) is 20.9 Å². The van der Waals surface area contributed by atoms with Crippen LogP contribution in [0.3, 0.4) is 0 Å². The summed E-state index contributed by atoms with van der Waals surface area (Å²) in [5.41, 5.74) is 0.822. The van der Waals surface area contributed by atoms with Gasteiger partial charge >= 0.3 is 0 Å². The monoisotopic (exact) mass is 381 g/mol. The fraction of sp³-hybridized carbons (Fsp3) is 0.471. The number of benzene rings is 1. The SMILES string of the molecule is CCNC(=O)COc1ccc(CNC(=O)CN2CSCC2=O)cc1OC. The average molecular weight is 381 g/mol. The fourth-order valence-corrected chi connectivity index (χ4v) is 3.21. The Balaban J connectivity index is 1.86. The zero-order valence-corrected chi connectivity index (χ0v) is 15.7. The van der Waals surface area contributed by atoms with Crippen LogP contribution in [0.2, 0.25) is 0 Å². The second-order valence-corrected chi connectivity index (χ2v) is 6.53. The minimum Gasteiger partial charge on any atom is -0.493 e. The number of ether oxygens (including phenoxy) is 2. The summed E-state index contributed by atoms with van der Waals surface area (Å²) in [6, 6.07) is 5.22. The molecule has 0 spiro atoms. The van der Waals surface area contributed by atoms with E-state index in [0.29, 0.717) is 36.2 Å². The van der Waals surface area contributed by atoms with Crippen LogP contribution in [-0.4, -0.2) is 61.1 Å². The van der Waals surface area contributed by atoms with Gasteiger partial charge in [-0.2, -0.15) is 0 Å². The number of nitrogens with zero attached hydrogens (tertiary/aromatic N) is 1. The Kier molecular flexibility index (Phi) is 7.58. The van der Waals surface area contributed by atoms with Gasteiger partial charge < -0.3 is 25.0 Å². The first-order valence-corrected chi connectivity index (χ1v) is 9.37. The molecule has 0 aliphatic carbocycles. The first-order chi connectivity index (χ1) is 12.5. The average Bonchev–Trinajstić information content (AvgIpc) is 3.03. The van der Waals surface area contributed by atoms with Crippen LogP contribution in [0.1, 0.15) is 12.5 Å². The number of thioether (sulfide) groups is 1. The van der Waals surface area contributed by atoms with Crippen molar-refractivity contribution in [3.63, 3.8) is 0 Å². The third kappa shape index (κ3) is 5.83. The van der Waals surface area contributed by atoms with Gasteiger partial charge in [0.05, 0.1) is 18.7 Å². The van der Waals surface area contributed by atoms with Crippen LogP contribution in [0.5, 0.6) is 11.5 Å². The molecule has 0 atom stereocenters. The van der Waals surface area contributed by atoms with Crippen molar-refractivity contribution in [2.24, 2.45) is 0 Å². The van der Waals surface area contributed by atoms with E-state index in [1.807, 2.05) is 6.92 Å². The Labute approximate surface area is 156 Å². The highest BCUT2D eigenvalue weighted by Crippen LogP contribution is 2.28. The molecule has 0 bridgehead atoms. The molecule has 142 valence electrons. The van der Waals surface area contributed by atoms with Crippen molar-refractivity contribution in [1.29, 1.82) is 0 Å². The highest BCUT2D eigenvalue weighted by molar-refractivity contribution is 8.00. The molecular formula is C17H23N3O5S. The van der Waals surface area contributed by atoms with Gasteiger partial charge in [0.15, 0.2) is 18.1 Å². The van der Waals surface area contributed by atoms with E-state index in [1.165, 1.54) is 23.8 Å². The number of likely N-dealkylation sites (N-methyl/N-ethyl adjacent to an activating group) is 1. The normalized spacial score (nSPS) is 13.5. The van der Waals surface area contributed by atoms with Crippen molar-refractivity contribution >= 4 is 29.5 Å². The zero-order valence-electron chi connectivity index (χ0n) is 14.9. The molecule has 1 aliphatic heterocycles. The molecule has 2 rings (SSSR count). The number of amides is 3. The second-order valence-electron chi connectivity index (χ2n) is 5.57. The molecular weight excluding hydrogens is 358 g/mol. The van der Waals surface area contributed by atoms with E-state index in [1.54, 1.807) is 18.2 Å². The van der Waals surface area contributed by atoms with Gasteiger partial charge in [-0.3, -0.25) is 14.4 Å². The summed E-state index contributed by atoms with van der Waals surface area (Å²) < 4.78 is 10.7. The number of carbonyl (C=O) groups excluding carboxylic acids is 3.